The third-order valence-corrected chi connectivity index (χ3v) is 5.08. The van der Waals surface area contributed by atoms with Crippen LogP contribution in [-0.2, 0) is 11.2 Å². The van der Waals surface area contributed by atoms with Crippen molar-refractivity contribution < 1.29 is 9.32 Å². The van der Waals surface area contributed by atoms with Crippen molar-refractivity contribution in [2.75, 3.05) is 5.32 Å². The molecule has 0 spiro atoms. The van der Waals surface area contributed by atoms with Crippen LogP contribution < -0.4 is 5.32 Å². The van der Waals surface area contributed by atoms with Gasteiger partial charge in [0.2, 0.25) is 5.91 Å². The van der Waals surface area contributed by atoms with Gasteiger partial charge in [-0.3, -0.25) is 4.79 Å². The summed E-state index contributed by atoms with van der Waals surface area (Å²) in [6.45, 7) is 5.73. The summed E-state index contributed by atoms with van der Waals surface area (Å²) in [5.74, 6) is 0.692. The van der Waals surface area contributed by atoms with Crippen LogP contribution in [0.4, 0.5) is 5.13 Å². The van der Waals surface area contributed by atoms with E-state index in [4.69, 9.17) is 16.1 Å². The van der Waals surface area contributed by atoms with Crippen LogP contribution in [0.25, 0.3) is 11.3 Å². The van der Waals surface area contributed by atoms with E-state index in [0.717, 1.165) is 33.2 Å². The number of hydrogen-bond donors (Lipinski definition) is 1. The maximum Gasteiger partial charge on any atom is 0.226 e. The summed E-state index contributed by atoms with van der Waals surface area (Å²) >= 11 is 7.39. The van der Waals surface area contributed by atoms with Gasteiger partial charge >= 0.3 is 0 Å². The van der Waals surface area contributed by atoms with Crippen LogP contribution in [0.2, 0.25) is 5.02 Å². The molecule has 7 heteroatoms. The summed E-state index contributed by atoms with van der Waals surface area (Å²) < 4.78 is 5.12. The molecule has 0 atom stereocenters. The number of thiazole rings is 1. The lowest BCUT2D eigenvalue weighted by atomic mass is 10.1. The molecule has 3 rings (SSSR count). The lowest BCUT2D eigenvalue weighted by Crippen LogP contribution is -2.12. The maximum absolute atomic E-state index is 12.2. The Kier molecular flexibility index (Phi) is 5.20. The van der Waals surface area contributed by atoms with Crippen LogP contribution in [0.15, 0.2) is 28.8 Å². The molecule has 25 heavy (non-hydrogen) atoms. The molecule has 0 saturated heterocycles. The number of nitrogens with zero attached hydrogens (tertiary/aromatic N) is 2. The minimum Gasteiger partial charge on any atom is -0.361 e. The van der Waals surface area contributed by atoms with Crippen molar-refractivity contribution in [3.8, 4) is 11.3 Å². The predicted molar refractivity (Wildman–Crippen MR) is 100 cm³/mol. The third kappa shape index (κ3) is 4.08. The molecule has 1 amide bonds. The first-order valence-corrected chi connectivity index (χ1v) is 9.08. The van der Waals surface area contributed by atoms with Gasteiger partial charge in [-0.05, 0) is 39.3 Å². The first-order valence-electron chi connectivity index (χ1n) is 7.89. The van der Waals surface area contributed by atoms with E-state index in [9.17, 15) is 4.79 Å². The molecule has 0 fully saturated rings. The van der Waals surface area contributed by atoms with Gasteiger partial charge in [0.15, 0.2) is 5.13 Å². The molecule has 0 radical (unpaired) electrons. The number of carbonyl (C=O) groups is 1. The van der Waals surface area contributed by atoms with Crippen LogP contribution in [0.1, 0.15) is 28.3 Å². The lowest BCUT2D eigenvalue weighted by molar-refractivity contribution is -0.116. The highest BCUT2D eigenvalue weighted by Crippen LogP contribution is 2.31. The van der Waals surface area contributed by atoms with Crippen LogP contribution in [0.3, 0.4) is 0 Å². The Morgan fingerprint density at radius 1 is 1.24 bits per heavy atom. The average molecular weight is 376 g/mol. The van der Waals surface area contributed by atoms with Crippen molar-refractivity contribution in [2.45, 2.75) is 33.6 Å². The number of halogens is 1. The minimum atomic E-state index is -0.0728. The van der Waals surface area contributed by atoms with Crippen molar-refractivity contribution in [3.63, 3.8) is 0 Å². The Morgan fingerprint density at radius 3 is 2.60 bits per heavy atom. The van der Waals surface area contributed by atoms with E-state index >= 15 is 0 Å². The fraction of sp³-hybridized carbons (Fsp3) is 0.278. The summed E-state index contributed by atoms with van der Waals surface area (Å²) in [6, 6.07) is 7.51. The topological polar surface area (TPSA) is 68.0 Å². The fourth-order valence-corrected chi connectivity index (χ4v) is 3.58. The Bertz CT molecular complexity index is 880. The molecule has 0 unspecified atom stereocenters. The quantitative estimate of drug-likeness (QED) is 0.685. The highest BCUT2D eigenvalue weighted by molar-refractivity contribution is 7.16. The molecule has 3 aromatic rings. The molecule has 0 bridgehead atoms. The summed E-state index contributed by atoms with van der Waals surface area (Å²) in [5, 5.41) is 8.07. The highest BCUT2D eigenvalue weighted by Gasteiger charge is 2.14. The predicted octanol–water partition coefficient (Wildman–Crippen LogP) is 4.95. The van der Waals surface area contributed by atoms with E-state index in [-0.39, 0.29) is 5.91 Å². The van der Waals surface area contributed by atoms with E-state index in [2.05, 4.69) is 15.5 Å². The van der Waals surface area contributed by atoms with Gasteiger partial charge in [-0.25, -0.2) is 4.98 Å². The number of amides is 1. The normalized spacial score (nSPS) is 10.9. The molecule has 1 aromatic carbocycles. The SMILES string of the molecule is Cc1noc(C)c1CCC(=O)Nc1nc(-c2ccc(Cl)cc2)c(C)s1. The molecular weight excluding hydrogens is 358 g/mol. The molecule has 2 heterocycles. The number of hydrogen-bond acceptors (Lipinski definition) is 5. The number of anilines is 1. The van der Waals surface area contributed by atoms with Crippen LogP contribution >= 0.6 is 22.9 Å². The van der Waals surface area contributed by atoms with Crippen molar-refractivity contribution in [1.29, 1.82) is 0 Å². The largest absolute Gasteiger partial charge is 0.361 e. The van der Waals surface area contributed by atoms with Crippen molar-refractivity contribution in [2.24, 2.45) is 0 Å². The van der Waals surface area contributed by atoms with Crippen molar-refractivity contribution in [1.82, 2.24) is 10.1 Å². The van der Waals surface area contributed by atoms with Gasteiger partial charge in [0.05, 0.1) is 11.4 Å². The molecule has 0 aliphatic rings. The first-order chi connectivity index (χ1) is 11.9. The van der Waals surface area contributed by atoms with Gasteiger partial charge in [0, 0.05) is 27.4 Å². The fourth-order valence-electron chi connectivity index (χ4n) is 2.60. The van der Waals surface area contributed by atoms with E-state index in [1.54, 1.807) is 0 Å². The van der Waals surface area contributed by atoms with Gasteiger partial charge in [-0.2, -0.15) is 0 Å². The van der Waals surface area contributed by atoms with Crippen LogP contribution in [0, 0.1) is 20.8 Å². The molecule has 0 saturated carbocycles. The van der Waals surface area contributed by atoms with E-state index < -0.39 is 0 Å². The number of rotatable bonds is 5. The highest BCUT2D eigenvalue weighted by atomic mass is 35.5. The summed E-state index contributed by atoms with van der Waals surface area (Å²) in [5.41, 5.74) is 3.67. The van der Waals surface area contributed by atoms with Gasteiger partial charge in [0.25, 0.3) is 0 Å². The second kappa shape index (κ2) is 7.37. The average Bonchev–Trinajstić information content (AvgIpc) is 3.09. The zero-order valence-electron chi connectivity index (χ0n) is 14.2. The monoisotopic (exact) mass is 375 g/mol. The van der Waals surface area contributed by atoms with Gasteiger partial charge in [0.1, 0.15) is 5.76 Å². The third-order valence-electron chi connectivity index (χ3n) is 3.94. The smallest absolute Gasteiger partial charge is 0.226 e. The Balaban J connectivity index is 1.66. The second-order valence-electron chi connectivity index (χ2n) is 5.78. The maximum atomic E-state index is 12.2. The molecule has 5 nitrogen and oxygen atoms in total. The van der Waals surface area contributed by atoms with Crippen molar-refractivity contribution in [3.05, 3.63) is 51.2 Å². The number of aromatic nitrogens is 2. The van der Waals surface area contributed by atoms with Gasteiger partial charge in [-0.15, -0.1) is 11.3 Å². The molecule has 0 aliphatic carbocycles. The molecule has 0 aliphatic heterocycles. The molecule has 1 N–H and O–H groups in total. The van der Waals surface area contributed by atoms with Gasteiger partial charge < -0.3 is 9.84 Å². The zero-order chi connectivity index (χ0) is 18.0. The van der Waals surface area contributed by atoms with E-state index in [1.807, 2.05) is 45.0 Å². The zero-order valence-corrected chi connectivity index (χ0v) is 15.8. The second-order valence-corrected chi connectivity index (χ2v) is 7.42. The van der Waals surface area contributed by atoms with E-state index in [0.29, 0.717) is 23.0 Å². The minimum absolute atomic E-state index is 0.0728. The Hall–Kier alpha value is -2.18. The summed E-state index contributed by atoms with van der Waals surface area (Å²) in [6.07, 6.45) is 0.958. The standard InChI is InChI=1S/C18H18ClN3O2S/c1-10-15(11(2)24-22-10)8-9-16(23)20-18-21-17(12(3)25-18)13-4-6-14(19)7-5-13/h4-7H,8-9H2,1-3H3,(H,20,21,23). The van der Waals surface area contributed by atoms with Crippen LogP contribution in [-0.4, -0.2) is 16.0 Å². The molecule has 130 valence electrons. The van der Waals surface area contributed by atoms with Crippen molar-refractivity contribution >= 4 is 34.0 Å². The summed E-state index contributed by atoms with van der Waals surface area (Å²) in [4.78, 5) is 17.8. The number of benzene rings is 1. The number of carbonyl (C=O) groups excluding carboxylic acids is 1. The Labute approximate surface area is 155 Å². The van der Waals surface area contributed by atoms with E-state index in [1.165, 1.54) is 11.3 Å². The lowest BCUT2D eigenvalue weighted by Gasteiger charge is -2.02. The Morgan fingerprint density at radius 2 is 1.96 bits per heavy atom. The van der Waals surface area contributed by atoms with Crippen LogP contribution in [0.5, 0.6) is 0 Å². The number of nitrogens with one attached hydrogen (secondary N) is 1. The van der Waals surface area contributed by atoms with Gasteiger partial charge in [-0.1, -0.05) is 28.9 Å². The number of aryl methyl sites for hydroxylation is 3. The summed E-state index contributed by atoms with van der Waals surface area (Å²) in [7, 11) is 0. The molecular formula is C18H18ClN3O2S. The first kappa shape index (κ1) is 17.6. The molecule has 2 aromatic heterocycles.